The molecular weight excluding hydrogens is 248 g/mol. The summed E-state index contributed by atoms with van der Waals surface area (Å²) in [5, 5.41) is 10.3. The van der Waals surface area contributed by atoms with Crippen LogP contribution in [0.1, 0.15) is 16.1 Å². The summed E-state index contributed by atoms with van der Waals surface area (Å²) in [6.45, 7) is 5.26. The number of carbonyl (C=O) groups is 1. The van der Waals surface area contributed by atoms with Crippen molar-refractivity contribution in [3.8, 4) is 11.5 Å². The fourth-order valence-electron chi connectivity index (χ4n) is 1.86. The van der Waals surface area contributed by atoms with E-state index in [9.17, 15) is 9.90 Å². The minimum absolute atomic E-state index is 0.0615. The highest BCUT2D eigenvalue weighted by molar-refractivity contribution is 6.05. The second kappa shape index (κ2) is 5.06. The molecule has 0 saturated heterocycles. The van der Waals surface area contributed by atoms with E-state index >= 15 is 0 Å². The second-order valence-electron chi connectivity index (χ2n) is 3.94. The summed E-state index contributed by atoms with van der Waals surface area (Å²) in [5.74, 6) is 0.137. The Morgan fingerprint density at radius 3 is 2.89 bits per heavy atom. The van der Waals surface area contributed by atoms with Gasteiger partial charge in [0, 0.05) is 11.5 Å². The van der Waals surface area contributed by atoms with Gasteiger partial charge in [0.25, 0.3) is 0 Å². The molecule has 0 atom stereocenters. The third-order valence-corrected chi connectivity index (χ3v) is 2.70. The molecule has 100 valence electrons. The van der Waals surface area contributed by atoms with Crippen LogP contribution in [0.25, 0.3) is 11.0 Å². The molecule has 0 aliphatic carbocycles. The van der Waals surface area contributed by atoms with Crippen LogP contribution in [0, 0.1) is 6.92 Å². The third-order valence-electron chi connectivity index (χ3n) is 2.70. The van der Waals surface area contributed by atoms with E-state index in [1.807, 2.05) is 0 Å². The number of hydrogen-bond acceptors (Lipinski definition) is 5. The number of methoxy groups -OCH3 is 1. The van der Waals surface area contributed by atoms with E-state index in [0.29, 0.717) is 22.3 Å². The Morgan fingerprint density at radius 1 is 1.53 bits per heavy atom. The SMILES string of the molecule is C=CCOC(=O)c1c(C)oc2cc(OC)c(O)cc12. The van der Waals surface area contributed by atoms with Gasteiger partial charge in [-0.25, -0.2) is 4.79 Å². The predicted molar refractivity (Wildman–Crippen MR) is 69.6 cm³/mol. The number of fused-ring (bicyclic) bond motifs is 1. The highest BCUT2D eigenvalue weighted by Gasteiger charge is 2.21. The van der Waals surface area contributed by atoms with Crippen LogP contribution < -0.4 is 4.74 Å². The molecule has 0 unspecified atom stereocenters. The Labute approximate surface area is 110 Å². The van der Waals surface area contributed by atoms with Gasteiger partial charge in [-0.2, -0.15) is 0 Å². The molecule has 2 rings (SSSR count). The molecule has 0 amide bonds. The summed E-state index contributed by atoms with van der Waals surface area (Å²) in [6, 6.07) is 2.96. The van der Waals surface area contributed by atoms with E-state index in [-0.39, 0.29) is 18.1 Å². The van der Waals surface area contributed by atoms with Crippen LogP contribution in [-0.4, -0.2) is 24.8 Å². The number of phenols is 1. The van der Waals surface area contributed by atoms with Crippen LogP contribution in [0.5, 0.6) is 11.5 Å². The highest BCUT2D eigenvalue weighted by atomic mass is 16.5. The molecule has 5 nitrogen and oxygen atoms in total. The summed E-state index contributed by atoms with van der Waals surface area (Å²) in [5.41, 5.74) is 0.757. The number of rotatable bonds is 4. The number of esters is 1. The molecule has 1 aromatic carbocycles. The first kappa shape index (κ1) is 13.0. The quantitative estimate of drug-likeness (QED) is 0.677. The molecule has 19 heavy (non-hydrogen) atoms. The number of furan rings is 1. The van der Waals surface area contributed by atoms with Crippen molar-refractivity contribution < 1.29 is 23.8 Å². The van der Waals surface area contributed by atoms with E-state index in [1.54, 1.807) is 6.92 Å². The first-order valence-corrected chi connectivity index (χ1v) is 5.66. The Balaban J connectivity index is 2.55. The predicted octanol–water partition coefficient (Wildman–Crippen LogP) is 2.80. The number of aromatic hydroxyl groups is 1. The molecule has 1 N–H and O–H groups in total. The molecule has 2 aromatic rings. The van der Waals surface area contributed by atoms with E-state index in [0.717, 1.165) is 0 Å². The first-order chi connectivity index (χ1) is 9.08. The smallest absolute Gasteiger partial charge is 0.342 e. The van der Waals surface area contributed by atoms with Gasteiger partial charge in [-0.15, -0.1) is 0 Å². The standard InChI is InChI=1S/C14H14O5/c1-4-5-18-14(16)13-8(2)19-11-7-12(17-3)10(15)6-9(11)13/h4,6-7,15H,1,5H2,2-3H3. The van der Waals surface area contributed by atoms with Gasteiger partial charge in [0.15, 0.2) is 11.5 Å². The van der Waals surface area contributed by atoms with Gasteiger partial charge >= 0.3 is 5.97 Å². The van der Waals surface area contributed by atoms with Crippen molar-refractivity contribution in [3.05, 3.63) is 36.1 Å². The summed E-state index contributed by atoms with van der Waals surface area (Å²) in [6.07, 6.45) is 1.48. The number of hydrogen-bond donors (Lipinski definition) is 1. The van der Waals surface area contributed by atoms with Gasteiger partial charge in [0.05, 0.1) is 7.11 Å². The van der Waals surface area contributed by atoms with Crippen LogP contribution in [0.4, 0.5) is 0 Å². The van der Waals surface area contributed by atoms with Crippen molar-refractivity contribution in [2.24, 2.45) is 0 Å². The minimum Gasteiger partial charge on any atom is -0.504 e. The number of ether oxygens (including phenoxy) is 2. The second-order valence-corrected chi connectivity index (χ2v) is 3.94. The zero-order valence-electron chi connectivity index (χ0n) is 10.7. The summed E-state index contributed by atoms with van der Waals surface area (Å²) >= 11 is 0. The van der Waals surface area contributed by atoms with Crippen molar-refractivity contribution >= 4 is 16.9 Å². The lowest BCUT2D eigenvalue weighted by Crippen LogP contribution is -2.05. The summed E-state index contributed by atoms with van der Waals surface area (Å²) in [4.78, 5) is 11.9. The van der Waals surface area contributed by atoms with Crippen molar-refractivity contribution in [3.63, 3.8) is 0 Å². The first-order valence-electron chi connectivity index (χ1n) is 5.66. The normalized spacial score (nSPS) is 10.4. The van der Waals surface area contributed by atoms with Gasteiger partial charge in [-0.3, -0.25) is 0 Å². The van der Waals surface area contributed by atoms with Gasteiger partial charge in [0.1, 0.15) is 23.5 Å². The molecule has 0 radical (unpaired) electrons. The maximum absolute atomic E-state index is 11.9. The van der Waals surface area contributed by atoms with Crippen LogP contribution in [0.2, 0.25) is 0 Å². The van der Waals surface area contributed by atoms with Crippen LogP contribution >= 0.6 is 0 Å². The van der Waals surface area contributed by atoms with E-state index < -0.39 is 5.97 Å². The number of carbonyl (C=O) groups excluding carboxylic acids is 1. The Bertz CT molecular complexity index is 639. The average molecular weight is 262 g/mol. The molecule has 5 heteroatoms. The molecule has 0 saturated carbocycles. The van der Waals surface area contributed by atoms with E-state index in [2.05, 4.69) is 6.58 Å². The van der Waals surface area contributed by atoms with E-state index in [4.69, 9.17) is 13.9 Å². The van der Waals surface area contributed by atoms with Crippen molar-refractivity contribution in [1.29, 1.82) is 0 Å². The third kappa shape index (κ3) is 2.27. The zero-order chi connectivity index (χ0) is 14.0. The fraction of sp³-hybridized carbons (Fsp3) is 0.214. The molecule has 0 spiro atoms. The summed E-state index contributed by atoms with van der Waals surface area (Å²) in [7, 11) is 1.44. The van der Waals surface area contributed by atoms with Crippen molar-refractivity contribution in [2.75, 3.05) is 13.7 Å². The minimum atomic E-state index is -0.513. The molecular formula is C14H14O5. The van der Waals surface area contributed by atoms with Crippen LogP contribution in [0.15, 0.2) is 29.2 Å². The number of benzene rings is 1. The van der Waals surface area contributed by atoms with Gasteiger partial charge in [-0.1, -0.05) is 12.7 Å². The Hall–Kier alpha value is -2.43. The zero-order valence-corrected chi connectivity index (χ0v) is 10.7. The Morgan fingerprint density at radius 2 is 2.26 bits per heavy atom. The lowest BCUT2D eigenvalue weighted by atomic mass is 10.1. The molecule has 0 bridgehead atoms. The largest absolute Gasteiger partial charge is 0.504 e. The number of aryl methyl sites for hydroxylation is 1. The molecule has 1 aromatic heterocycles. The molecule has 0 fully saturated rings. The van der Waals surface area contributed by atoms with Crippen molar-refractivity contribution in [1.82, 2.24) is 0 Å². The highest BCUT2D eigenvalue weighted by Crippen LogP contribution is 2.35. The lowest BCUT2D eigenvalue weighted by molar-refractivity contribution is 0.0550. The van der Waals surface area contributed by atoms with Gasteiger partial charge < -0.3 is 19.0 Å². The monoisotopic (exact) mass is 262 g/mol. The lowest BCUT2D eigenvalue weighted by Gasteiger charge is -2.03. The maximum atomic E-state index is 11.9. The van der Waals surface area contributed by atoms with Gasteiger partial charge in [-0.05, 0) is 13.0 Å². The average Bonchev–Trinajstić information content (AvgIpc) is 2.70. The topological polar surface area (TPSA) is 68.9 Å². The molecule has 0 aliphatic heterocycles. The maximum Gasteiger partial charge on any atom is 0.342 e. The van der Waals surface area contributed by atoms with Gasteiger partial charge in [0.2, 0.25) is 0 Å². The molecule has 0 aliphatic rings. The van der Waals surface area contributed by atoms with Crippen LogP contribution in [-0.2, 0) is 4.74 Å². The molecule has 1 heterocycles. The van der Waals surface area contributed by atoms with Crippen LogP contribution in [0.3, 0.4) is 0 Å². The Kier molecular flexibility index (Phi) is 3.46. The van der Waals surface area contributed by atoms with Crippen molar-refractivity contribution in [2.45, 2.75) is 6.92 Å². The van der Waals surface area contributed by atoms with E-state index in [1.165, 1.54) is 25.3 Å². The summed E-state index contributed by atoms with van der Waals surface area (Å²) < 4.78 is 15.5. The number of phenolic OH excluding ortho intramolecular Hbond substituents is 1. The fourth-order valence-corrected chi connectivity index (χ4v) is 1.86.